The SMILES string of the molecule is Cc1cc(NC2CCN(C3C=CC(C)c4ccccc4N3C(F)F)CC2)ccc1C(=N)c1cccc(F)c1F. The van der Waals surface area contributed by atoms with Crippen LogP contribution in [0, 0.1) is 24.0 Å². The minimum Gasteiger partial charge on any atom is -0.382 e. The molecule has 8 heteroatoms. The Balaban J connectivity index is 1.26. The third-order valence-electron chi connectivity index (χ3n) is 7.76. The molecular formula is C31H32F4N4. The van der Waals surface area contributed by atoms with Gasteiger partial charge in [-0.2, -0.15) is 8.78 Å². The quantitative estimate of drug-likeness (QED) is 0.150. The second-order valence-electron chi connectivity index (χ2n) is 10.3. The summed E-state index contributed by atoms with van der Waals surface area (Å²) in [5.41, 5.74) is 3.51. The molecule has 204 valence electrons. The second-order valence-corrected chi connectivity index (χ2v) is 10.3. The van der Waals surface area contributed by atoms with Gasteiger partial charge in [-0.25, -0.2) is 8.78 Å². The molecule has 5 rings (SSSR count). The van der Waals surface area contributed by atoms with Crippen LogP contribution in [0.4, 0.5) is 28.9 Å². The summed E-state index contributed by atoms with van der Waals surface area (Å²) in [4.78, 5) is 3.33. The van der Waals surface area contributed by atoms with Crippen molar-refractivity contribution in [3.05, 3.63) is 107 Å². The summed E-state index contributed by atoms with van der Waals surface area (Å²) in [5.74, 6) is -1.95. The fraction of sp³-hybridized carbons (Fsp3) is 0.323. The fourth-order valence-electron chi connectivity index (χ4n) is 5.65. The van der Waals surface area contributed by atoms with E-state index in [1.165, 1.54) is 17.0 Å². The first-order valence-electron chi connectivity index (χ1n) is 13.2. The first-order chi connectivity index (χ1) is 18.7. The van der Waals surface area contributed by atoms with Crippen molar-refractivity contribution in [3.8, 4) is 0 Å². The Hall–Kier alpha value is -3.65. The number of alkyl halides is 2. The van der Waals surface area contributed by atoms with Crippen molar-refractivity contribution in [1.82, 2.24) is 4.90 Å². The third kappa shape index (κ3) is 5.43. The molecule has 2 aliphatic rings. The van der Waals surface area contributed by atoms with E-state index < -0.39 is 24.3 Å². The van der Waals surface area contributed by atoms with Crippen LogP contribution in [0.2, 0.25) is 0 Å². The van der Waals surface area contributed by atoms with Crippen LogP contribution in [0.5, 0.6) is 0 Å². The molecule has 0 spiro atoms. The summed E-state index contributed by atoms with van der Waals surface area (Å²) >= 11 is 0. The normalized spacial score (nSPS) is 20.1. The van der Waals surface area contributed by atoms with E-state index in [0.29, 0.717) is 24.3 Å². The number of para-hydroxylation sites is 1. The lowest BCUT2D eigenvalue weighted by Gasteiger charge is -2.42. The Labute approximate surface area is 226 Å². The van der Waals surface area contributed by atoms with E-state index in [1.807, 2.05) is 56.3 Å². The van der Waals surface area contributed by atoms with Crippen molar-refractivity contribution in [2.75, 3.05) is 23.3 Å². The Morgan fingerprint density at radius 2 is 1.69 bits per heavy atom. The predicted molar refractivity (Wildman–Crippen MR) is 148 cm³/mol. The van der Waals surface area contributed by atoms with Gasteiger partial charge in [0.1, 0.15) is 6.17 Å². The van der Waals surface area contributed by atoms with E-state index in [0.717, 1.165) is 35.7 Å². The van der Waals surface area contributed by atoms with Crippen LogP contribution in [0.1, 0.15) is 47.9 Å². The van der Waals surface area contributed by atoms with Crippen molar-refractivity contribution < 1.29 is 17.6 Å². The highest BCUT2D eigenvalue weighted by molar-refractivity contribution is 6.12. The number of halogens is 4. The summed E-state index contributed by atoms with van der Waals surface area (Å²) in [5, 5.41) is 11.9. The zero-order valence-electron chi connectivity index (χ0n) is 22.0. The smallest absolute Gasteiger partial charge is 0.316 e. The van der Waals surface area contributed by atoms with Crippen molar-refractivity contribution >= 4 is 17.1 Å². The number of anilines is 2. The molecule has 1 fully saturated rings. The number of nitrogens with one attached hydrogen (secondary N) is 2. The van der Waals surface area contributed by atoms with Crippen molar-refractivity contribution in [2.24, 2.45) is 0 Å². The van der Waals surface area contributed by atoms with Gasteiger partial charge in [0.15, 0.2) is 11.6 Å². The van der Waals surface area contributed by atoms with Gasteiger partial charge in [-0.05, 0) is 61.2 Å². The molecule has 0 radical (unpaired) electrons. The molecule has 2 aliphatic heterocycles. The molecule has 4 nitrogen and oxygen atoms in total. The van der Waals surface area contributed by atoms with Crippen molar-refractivity contribution in [3.63, 3.8) is 0 Å². The molecule has 2 atom stereocenters. The lowest BCUT2D eigenvalue weighted by molar-refractivity contribution is 0.0893. The number of hydrogen-bond acceptors (Lipinski definition) is 4. The van der Waals surface area contributed by atoms with Crippen LogP contribution >= 0.6 is 0 Å². The fourth-order valence-corrected chi connectivity index (χ4v) is 5.65. The summed E-state index contributed by atoms with van der Waals surface area (Å²) in [6, 6.07) is 16.9. The highest BCUT2D eigenvalue weighted by Crippen LogP contribution is 2.36. The van der Waals surface area contributed by atoms with E-state index in [2.05, 4.69) is 10.2 Å². The molecule has 1 saturated heterocycles. The Morgan fingerprint density at radius 3 is 2.41 bits per heavy atom. The molecule has 39 heavy (non-hydrogen) atoms. The molecule has 3 aromatic carbocycles. The van der Waals surface area contributed by atoms with Gasteiger partial charge >= 0.3 is 6.55 Å². The number of rotatable bonds is 6. The molecule has 0 aliphatic carbocycles. The molecule has 2 heterocycles. The summed E-state index contributed by atoms with van der Waals surface area (Å²) < 4.78 is 56.6. The molecule has 3 aromatic rings. The Bertz CT molecular complexity index is 1380. The average molecular weight is 537 g/mol. The average Bonchev–Trinajstić information content (AvgIpc) is 3.07. The number of piperidine rings is 1. The van der Waals surface area contributed by atoms with Crippen LogP contribution in [-0.4, -0.2) is 42.5 Å². The van der Waals surface area contributed by atoms with Gasteiger partial charge < -0.3 is 5.32 Å². The number of aryl methyl sites for hydroxylation is 1. The standard InChI is InChI=1S/C31H32F4N4/c1-19-10-13-28(39(31(34)35)27-9-4-3-6-23(19)27)38-16-14-21(15-17-38)37-22-11-12-24(20(2)18-22)30(36)25-7-5-8-26(32)29(25)33/h3-13,18-19,21,28,31,36-37H,14-17H2,1-2H3. The first kappa shape index (κ1) is 26.9. The first-order valence-corrected chi connectivity index (χ1v) is 13.2. The van der Waals surface area contributed by atoms with E-state index in [-0.39, 0.29) is 23.2 Å². The van der Waals surface area contributed by atoms with E-state index in [4.69, 9.17) is 5.41 Å². The molecule has 2 N–H and O–H groups in total. The number of nitrogens with zero attached hydrogens (tertiary/aromatic N) is 2. The second kappa shape index (κ2) is 11.2. The molecular weight excluding hydrogens is 504 g/mol. The molecule has 0 bridgehead atoms. The Morgan fingerprint density at radius 1 is 0.949 bits per heavy atom. The lowest BCUT2D eigenvalue weighted by atomic mass is 9.97. The maximum atomic E-state index is 14.4. The number of benzene rings is 3. The highest BCUT2D eigenvalue weighted by Gasteiger charge is 2.35. The van der Waals surface area contributed by atoms with Gasteiger partial charge in [-0.1, -0.05) is 49.4 Å². The predicted octanol–water partition coefficient (Wildman–Crippen LogP) is 7.29. The van der Waals surface area contributed by atoms with E-state index in [1.54, 1.807) is 12.1 Å². The van der Waals surface area contributed by atoms with Crippen LogP contribution in [0.15, 0.2) is 72.8 Å². The summed E-state index contributed by atoms with van der Waals surface area (Å²) in [7, 11) is 0. The van der Waals surface area contributed by atoms with Crippen LogP contribution in [0.25, 0.3) is 0 Å². The van der Waals surface area contributed by atoms with Crippen LogP contribution in [-0.2, 0) is 0 Å². The van der Waals surface area contributed by atoms with E-state index in [9.17, 15) is 17.6 Å². The minimum absolute atomic E-state index is 0.0526. The molecule has 0 aromatic heterocycles. The number of likely N-dealkylation sites (tertiary alicyclic amines) is 1. The monoisotopic (exact) mass is 536 g/mol. The van der Waals surface area contributed by atoms with Gasteiger partial charge in [0, 0.05) is 47.6 Å². The minimum atomic E-state index is -2.62. The zero-order chi connectivity index (χ0) is 27.7. The van der Waals surface area contributed by atoms with Crippen molar-refractivity contribution in [2.45, 2.75) is 51.4 Å². The molecule has 0 saturated carbocycles. The Kier molecular flexibility index (Phi) is 7.75. The van der Waals surface area contributed by atoms with Crippen LogP contribution in [0.3, 0.4) is 0 Å². The van der Waals surface area contributed by atoms with Crippen LogP contribution < -0.4 is 10.2 Å². The van der Waals surface area contributed by atoms with Gasteiger partial charge in [-0.3, -0.25) is 15.2 Å². The van der Waals surface area contributed by atoms with E-state index >= 15 is 0 Å². The summed E-state index contributed by atoms with van der Waals surface area (Å²) in [6.07, 6.45) is 4.97. The maximum absolute atomic E-state index is 14.4. The topological polar surface area (TPSA) is 42.4 Å². The number of allylic oxidation sites excluding steroid dienone is 1. The zero-order valence-corrected chi connectivity index (χ0v) is 22.0. The molecule has 2 unspecified atom stereocenters. The van der Waals surface area contributed by atoms with Gasteiger partial charge in [0.05, 0.1) is 5.71 Å². The van der Waals surface area contributed by atoms with Gasteiger partial charge in [-0.15, -0.1) is 0 Å². The summed E-state index contributed by atoms with van der Waals surface area (Å²) in [6.45, 7) is 2.56. The van der Waals surface area contributed by atoms with Gasteiger partial charge in [0.25, 0.3) is 0 Å². The highest BCUT2D eigenvalue weighted by atomic mass is 19.3. The largest absolute Gasteiger partial charge is 0.382 e. The lowest BCUT2D eigenvalue weighted by Crippen LogP contribution is -2.53. The van der Waals surface area contributed by atoms with Gasteiger partial charge in [0.2, 0.25) is 0 Å². The molecule has 0 amide bonds. The third-order valence-corrected chi connectivity index (χ3v) is 7.76. The van der Waals surface area contributed by atoms with Crippen molar-refractivity contribution in [1.29, 1.82) is 5.41 Å². The number of fused-ring (bicyclic) bond motifs is 1. The number of hydrogen-bond donors (Lipinski definition) is 2. The maximum Gasteiger partial charge on any atom is 0.316 e.